The van der Waals surface area contributed by atoms with Gasteiger partial charge in [-0.3, -0.25) is 4.90 Å². The molecule has 0 atom stereocenters. The number of rotatable bonds is 2. The van der Waals surface area contributed by atoms with Gasteiger partial charge < -0.3 is 5.11 Å². The summed E-state index contributed by atoms with van der Waals surface area (Å²) in [6.07, 6.45) is 3.59. The maximum Gasteiger partial charge on any atom is 0.106 e. The van der Waals surface area contributed by atoms with Crippen LogP contribution in [-0.4, -0.2) is 34.2 Å². The van der Waals surface area contributed by atoms with Crippen LogP contribution in [0.5, 0.6) is 0 Å². The monoisotopic (exact) mass is 270 g/mol. The quantitative estimate of drug-likeness (QED) is 0.833. The minimum absolute atomic E-state index is 0.0932. The van der Waals surface area contributed by atoms with Gasteiger partial charge in [-0.25, -0.2) is 4.98 Å². The summed E-state index contributed by atoms with van der Waals surface area (Å²) in [7, 11) is 0. The topological polar surface area (TPSA) is 36.4 Å². The molecule has 0 radical (unpaired) electrons. The number of piperidine rings is 1. The van der Waals surface area contributed by atoms with Crippen molar-refractivity contribution in [1.82, 2.24) is 9.88 Å². The van der Waals surface area contributed by atoms with E-state index in [1.807, 2.05) is 12.3 Å². The standard InChI is InChI=1S/C11H15BrN2O/c12-11-2-1-9(7-13-11)8-14-5-3-10(15)4-6-14/h1-2,7,10,15H,3-6,8H2. The van der Waals surface area contributed by atoms with Crippen molar-refractivity contribution in [2.45, 2.75) is 25.5 Å². The van der Waals surface area contributed by atoms with E-state index in [0.29, 0.717) is 0 Å². The summed E-state index contributed by atoms with van der Waals surface area (Å²) < 4.78 is 0.875. The van der Waals surface area contributed by atoms with E-state index in [4.69, 9.17) is 0 Å². The maximum atomic E-state index is 9.38. The largest absolute Gasteiger partial charge is 0.393 e. The van der Waals surface area contributed by atoms with E-state index in [1.165, 1.54) is 5.56 Å². The Kier molecular flexibility index (Phi) is 3.72. The van der Waals surface area contributed by atoms with Crippen molar-refractivity contribution in [2.75, 3.05) is 13.1 Å². The number of aromatic nitrogens is 1. The molecule has 0 bridgehead atoms. The van der Waals surface area contributed by atoms with Gasteiger partial charge in [-0.2, -0.15) is 0 Å². The molecule has 0 saturated carbocycles. The highest BCUT2D eigenvalue weighted by atomic mass is 79.9. The Balaban J connectivity index is 1.89. The first kappa shape index (κ1) is 11.0. The van der Waals surface area contributed by atoms with Gasteiger partial charge in [0.2, 0.25) is 0 Å². The molecular formula is C11H15BrN2O. The van der Waals surface area contributed by atoms with Gasteiger partial charge in [0.25, 0.3) is 0 Å². The van der Waals surface area contributed by atoms with Gasteiger partial charge >= 0.3 is 0 Å². The number of hydrogen-bond acceptors (Lipinski definition) is 3. The molecule has 82 valence electrons. The summed E-state index contributed by atoms with van der Waals surface area (Å²) >= 11 is 3.32. The smallest absolute Gasteiger partial charge is 0.106 e. The molecule has 15 heavy (non-hydrogen) atoms. The Morgan fingerprint density at radius 1 is 1.40 bits per heavy atom. The van der Waals surface area contributed by atoms with Crippen LogP contribution < -0.4 is 0 Å². The average molecular weight is 271 g/mol. The van der Waals surface area contributed by atoms with Gasteiger partial charge in [-0.05, 0) is 40.4 Å². The van der Waals surface area contributed by atoms with E-state index in [9.17, 15) is 5.11 Å². The molecule has 3 nitrogen and oxygen atoms in total. The lowest BCUT2D eigenvalue weighted by Gasteiger charge is -2.29. The molecule has 1 N–H and O–H groups in total. The van der Waals surface area contributed by atoms with Crippen LogP contribution in [0.25, 0.3) is 0 Å². The third-order valence-corrected chi connectivity index (χ3v) is 3.22. The van der Waals surface area contributed by atoms with E-state index >= 15 is 0 Å². The second-order valence-electron chi connectivity index (χ2n) is 4.00. The second-order valence-corrected chi connectivity index (χ2v) is 4.81. The minimum atomic E-state index is -0.0932. The first-order chi connectivity index (χ1) is 7.24. The zero-order valence-corrected chi connectivity index (χ0v) is 10.2. The van der Waals surface area contributed by atoms with Gasteiger partial charge in [0.05, 0.1) is 6.10 Å². The van der Waals surface area contributed by atoms with Crippen LogP contribution in [0.15, 0.2) is 22.9 Å². The van der Waals surface area contributed by atoms with Crippen molar-refractivity contribution in [3.8, 4) is 0 Å². The molecular weight excluding hydrogens is 256 g/mol. The number of nitrogens with zero attached hydrogens (tertiary/aromatic N) is 2. The summed E-state index contributed by atoms with van der Waals surface area (Å²) in [6, 6.07) is 4.05. The Morgan fingerprint density at radius 3 is 2.73 bits per heavy atom. The third-order valence-electron chi connectivity index (χ3n) is 2.75. The molecule has 1 saturated heterocycles. The molecule has 0 spiro atoms. The van der Waals surface area contributed by atoms with Gasteiger partial charge in [0, 0.05) is 25.8 Å². The average Bonchev–Trinajstić information content (AvgIpc) is 2.25. The molecule has 1 fully saturated rings. The summed E-state index contributed by atoms with van der Waals surface area (Å²) in [5.41, 5.74) is 1.23. The van der Waals surface area contributed by atoms with E-state index in [-0.39, 0.29) is 6.10 Å². The van der Waals surface area contributed by atoms with Gasteiger partial charge in [-0.1, -0.05) is 6.07 Å². The van der Waals surface area contributed by atoms with E-state index < -0.39 is 0 Å². The fourth-order valence-corrected chi connectivity index (χ4v) is 2.07. The molecule has 4 heteroatoms. The zero-order valence-electron chi connectivity index (χ0n) is 8.56. The molecule has 1 aliphatic heterocycles. The predicted octanol–water partition coefficient (Wildman–Crippen LogP) is 1.80. The Bertz CT molecular complexity index is 307. The van der Waals surface area contributed by atoms with Crippen LogP contribution in [0.3, 0.4) is 0 Å². The van der Waals surface area contributed by atoms with Crippen molar-refractivity contribution in [2.24, 2.45) is 0 Å². The van der Waals surface area contributed by atoms with Crippen LogP contribution >= 0.6 is 15.9 Å². The Labute approximate surface area is 98.3 Å². The molecule has 2 rings (SSSR count). The Hall–Kier alpha value is -0.450. The molecule has 0 aliphatic carbocycles. The molecule has 1 aromatic heterocycles. The minimum Gasteiger partial charge on any atom is -0.393 e. The number of aliphatic hydroxyl groups excluding tert-OH is 1. The highest BCUT2D eigenvalue weighted by Crippen LogP contribution is 2.14. The van der Waals surface area contributed by atoms with E-state index in [1.54, 1.807) is 0 Å². The molecule has 2 heterocycles. The summed E-state index contributed by atoms with van der Waals surface area (Å²) in [5, 5.41) is 9.38. The molecule has 1 aromatic rings. The van der Waals surface area contributed by atoms with Gasteiger partial charge in [-0.15, -0.1) is 0 Å². The molecule has 0 aromatic carbocycles. The number of aliphatic hydroxyl groups is 1. The van der Waals surface area contributed by atoms with Crippen LogP contribution in [0.1, 0.15) is 18.4 Å². The fraction of sp³-hybridized carbons (Fsp3) is 0.545. The lowest BCUT2D eigenvalue weighted by molar-refractivity contribution is 0.0792. The number of pyridine rings is 1. The van der Waals surface area contributed by atoms with E-state index in [2.05, 4.69) is 31.9 Å². The highest BCUT2D eigenvalue weighted by molar-refractivity contribution is 9.10. The second kappa shape index (κ2) is 5.05. The fourth-order valence-electron chi connectivity index (χ4n) is 1.84. The van der Waals surface area contributed by atoms with E-state index in [0.717, 1.165) is 37.1 Å². The third kappa shape index (κ3) is 3.26. The van der Waals surface area contributed by atoms with Crippen LogP contribution in [0.2, 0.25) is 0 Å². The molecule has 0 amide bonds. The van der Waals surface area contributed by atoms with Gasteiger partial charge in [0.1, 0.15) is 4.60 Å². The van der Waals surface area contributed by atoms with Crippen molar-refractivity contribution >= 4 is 15.9 Å². The predicted molar refractivity (Wildman–Crippen MR) is 62.5 cm³/mol. The number of halogens is 1. The summed E-state index contributed by atoms with van der Waals surface area (Å²) in [5.74, 6) is 0. The van der Waals surface area contributed by atoms with Crippen molar-refractivity contribution in [3.05, 3.63) is 28.5 Å². The van der Waals surface area contributed by atoms with Crippen LogP contribution in [0, 0.1) is 0 Å². The van der Waals surface area contributed by atoms with Crippen LogP contribution in [0.4, 0.5) is 0 Å². The zero-order chi connectivity index (χ0) is 10.7. The highest BCUT2D eigenvalue weighted by Gasteiger charge is 2.16. The van der Waals surface area contributed by atoms with Crippen molar-refractivity contribution < 1.29 is 5.11 Å². The SMILES string of the molecule is OC1CCN(Cc2ccc(Br)nc2)CC1. The van der Waals surface area contributed by atoms with Crippen molar-refractivity contribution in [1.29, 1.82) is 0 Å². The lowest BCUT2D eigenvalue weighted by atomic mass is 10.1. The first-order valence-electron chi connectivity index (χ1n) is 5.25. The molecule has 0 unspecified atom stereocenters. The summed E-state index contributed by atoms with van der Waals surface area (Å²) in [6.45, 7) is 2.90. The number of hydrogen-bond donors (Lipinski definition) is 1. The number of likely N-dealkylation sites (tertiary alicyclic amines) is 1. The lowest BCUT2D eigenvalue weighted by Crippen LogP contribution is -2.35. The van der Waals surface area contributed by atoms with Crippen LogP contribution in [-0.2, 0) is 6.54 Å². The normalized spacial score (nSPS) is 19.3. The molecule has 1 aliphatic rings. The maximum absolute atomic E-state index is 9.38. The Morgan fingerprint density at radius 2 is 2.13 bits per heavy atom. The van der Waals surface area contributed by atoms with Crippen molar-refractivity contribution in [3.63, 3.8) is 0 Å². The first-order valence-corrected chi connectivity index (χ1v) is 6.04. The van der Waals surface area contributed by atoms with Gasteiger partial charge in [0.15, 0.2) is 0 Å². The summed E-state index contributed by atoms with van der Waals surface area (Å²) in [4.78, 5) is 6.56.